The molecule has 0 radical (unpaired) electrons. The SMILES string of the molecule is CNC1(CN)CCCSC1C. The van der Waals surface area contributed by atoms with Crippen LogP contribution in [0.4, 0.5) is 0 Å². The average Bonchev–Trinajstić information content (AvgIpc) is 2.06. The van der Waals surface area contributed by atoms with Crippen LogP contribution in [0.15, 0.2) is 0 Å². The first-order valence-electron chi connectivity index (χ1n) is 4.26. The van der Waals surface area contributed by atoms with Gasteiger partial charge >= 0.3 is 0 Å². The van der Waals surface area contributed by atoms with Gasteiger partial charge in [0.1, 0.15) is 0 Å². The van der Waals surface area contributed by atoms with Crippen LogP contribution in [0.5, 0.6) is 0 Å². The van der Waals surface area contributed by atoms with Gasteiger partial charge in [0.2, 0.25) is 0 Å². The van der Waals surface area contributed by atoms with Gasteiger partial charge in [-0.15, -0.1) is 0 Å². The first kappa shape index (κ1) is 9.36. The number of hydrogen-bond acceptors (Lipinski definition) is 3. The van der Waals surface area contributed by atoms with Gasteiger partial charge in [-0.05, 0) is 25.6 Å². The van der Waals surface area contributed by atoms with E-state index in [0.29, 0.717) is 5.25 Å². The molecule has 3 heteroatoms. The van der Waals surface area contributed by atoms with Gasteiger partial charge in [0.05, 0.1) is 0 Å². The number of nitrogens with one attached hydrogen (secondary N) is 1. The quantitative estimate of drug-likeness (QED) is 0.651. The molecule has 3 N–H and O–H groups in total. The van der Waals surface area contributed by atoms with Crippen LogP contribution in [-0.4, -0.2) is 30.1 Å². The summed E-state index contributed by atoms with van der Waals surface area (Å²) in [6, 6.07) is 0. The van der Waals surface area contributed by atoms with Crippen LogP contribution in [0, 0.1) is 0 Å². The molecule has 11 heavy (non-hydrogen) atoms. The maximum atomic E-state index is 5.76. The number of thioether (sulfide) groups is 1. The Bertz CT molecular complexity index is 123. The van der Waals surface area contributed by atoms with E-state index in [2.05, 4.69) is 12.2 Å². The number of hydrogen-bond donors (Lipinski definition) is 2. The van der Waals surface area contributed by atoms with E-state index >= 15 is 0 Å². The van der Waals surface area contributed by atoms with E-state index in [0.717, 1.165) is 6.54 Å². The van der Waals surface area contributed by atoms with Crippen molar-refractivity contribution in [2.45, 2.75) is 30.6 Å². The fraction of sp³-hybridized carbons (Fsp3) is 1.00. The molecule has 2 atom stereocenters. The molecular formula is C8H18N2S. The number of rotatable bonds is 2. The lowest BCUT2D eigenvalue weighted by Crippen LogP contribution is -2.57. The second-order valence-corrected chi connectivity index (χ2v) is 4.68. The molecule has 0 aromatic heterocycles. The average molecular weight is 174 g/mol. The third-order valence-corrected chi connectivity index (χ3v) is 4.25. The molecule has 0 saturated carbocycles. The van der Waals surface area contributed by atoms with Crippen LogP contribution in [0.25, 0.3) is 0 Å². The Hall–Kier alpha value is 0.270. The highest BCUT2D eigenvalue weighted by Crippen LogP contribution is 2.32. The maximum absolute atomic E-state index is 5.76. The Morgan fingerprint density at radius 3 is 2.82 bits per heavy atom. The molecule has 1 saturated heterocycles. The third kappa shape index (κ3) is 1.71. The van der Waals surface area contributed by atoms with Gasteiger partial charge in [0.25, 0.3) is 0 Å². The summed E-state index contributed by atoms with van der Waals surface area (Å²) >= 11 is 2.03. The minimum absolute atomic E-state index is 0.211. The number of likely N-dealkylation sites (N-methyl/N-ethyl adjacent to an activating group) is 1. The van der Waals surface area contributed by atoms with Crippen LogP contribution < -0.4 is 11.1 Å². The third-order valence-electron chi connectivity index (χ3n) is 2.78. The molecule has 2 unspecified atom stereocenters. The van der Waals surface area contributed by atoms with Gasteiger partial charge in [-0.1, -0.05) is 6.92 Å². The highest BCUT2D eigenvalue weighted by atomic mass is 32.2. The van der Waals surface area contributed by atoms with E-state index in [1.165, 1.54) is 18.6 Å². The largest absolute Gasteiger partial charge is 0.329 e. The topological polar surface area (TPSA) is 38.0 Å². The van der Waals surface area contributed by atoms with Gasteiger partial charge < -0.3 is 11.1 Å². The van der Waals surface area contributed by atoms with Crippen LogP contribution in [0.3, 0.4) is 0 Å². The highest BCUT2D eigenvalue weighted by Gasteiger charge is 2.35. The molecule has 0 bridgehead atoms. The first-order chi connectivity index (χ1) is 5.25. The Morgan fingerprint density at radius 2 is 2.45 bits per heavy atom. The van der Waals surface area contributed by atoms with Gasteiger partial charge in [-0.3, -0.25) is 0 Å². The normalized spacial score (nSPS) is 39.0. The molecule has 0 aromatic carbocycles. The van der Waals surface area contributed by atoms with Crippen molar-refractivity contribution >= 4 is 11.8 Å². The summed E-state index contributed by atoms with van der Waals surface area (Å²) in [6.07, 6.45) is 2.53. The van der Waals surface area contributed by atoms with Gasteiger partial charge in [0.15, 0.2) is 0 Å². The minimum atomic E-state index is 0.211. The lowest BCUT2D eigenvalue weighted by atomic mass is 9.90. The molecule has 1 aliphatic heterocycles. The monoisotopic (exact) mass is 174 g/mol. The molecule has 1 aliphatic rings. The van der Waals surface area contributed by atoms with E-state index in [1.807, 2.05) is 18.8 Å². The van der Waals surface area contributed by atoms with Crippen molar-refractivity contribution in [2.24, 2.45) is 5.73 Å². The van der Waals surface area contributed by atoms with E-state index < -0.39 is 0 Å². The van der Waals surface area contributed by atoms with E-state index in [-0.39, 0.29) is 5.54 Å². The molecule has 0 aromatic rings. The zero-order valence-electron chi connectivity index (χ0n) is 7.39. The van der Waals surface area contributed by atoms with E-state index in [1.54, 1.807) is 0 Å². The van der Waals surface area contributed by atoms with Gasteiger partial charge in [-0.25, -0.2) is 0 Å². The fourth-order valence-corrected chi connectivity index (χ4v) is 3.02. The summed E-state index contributed by atoms with van der Waals surface area (Å²) < 4.78 is 0. The lowest BCUT2D eigenvalue weighted by Gasteiger charge is -2.41. The van der Waals surface area contributed by atoms with Crippen molar-refractivity contribution in [3.05, 3.63) is 0 Å². The highest BCUT2D eigenvalue weighted by molar-refractivity contribution is 8.00. The summed E-state index contributed by atoms with van der Waals surface area (Å²) in [5.74, 6) is 1.30. The zero-order chi connectivity index (χ0) is 8.32. The maximum Gasteiger partial charge on any atom is 0.0419 e. The van der Waals surface area contributed by atoms with Crippen LogP contribution in [0.1, 0.15) is 19.8 Å². The summed E-state index contributed by atoms with van der Waals surface area (Å²) in [5.41, 5.74) is 5.97. The van der Waals surface area contributed by atoms with Crippen molar-refractivity contribution in [2.75, 3.05) is 19.3 Å². The Kier molecular flexibility index (Phi) is 3.22. The summed E-state index contributed by atoms with van der Waals surface area (Å²) in [6.45, 7) is 3.03. The summed E-state index contributed by atoms with van der Waals surface area (Å²) in [7, 11) is 2.02. The first-order valence-corrected chi connectivity index (χ1v) is 5.30. The number of nitrogens with two attached hydrogens (primary N) is 1. The second-order valence-electron chi connectivity index (χ2n) is 3.23. The van der Waals surface area contributed by atoms with Crippen LogP contribution >= 0.6 is 11.8 Å². The molecule has 66 valence electrons. The Morgan fingerprint density at radius 1 is 1.73 bits per heavy atom. The molecular weight excluding hydrogens is 156 g/mol. The van der Waals surface area contributed by atoms with Crippen molar-refractivity contribution in [3.8, 4) is 0 Å². The standard InChI is InChI=1S/C8H18N2S/c1-7-8(6-9,10-2)4-3-5-11-7/h7,10H,3-6,9H2,1-2H3. The fourth-order valence-electron chi connectivity index (χ4n) is 1.71. The molecule has 1 fully saturated rings. The van der Waals surface area contributed by atoms with Gasteiger partial charge in [0, 0.05) is 17.3 Å². The van der Waals surface area contributed by atoms with Crippen LogP contribution in [-0.2, 0) is 0 Å². The molecule has 1 heterocycles. The zero-order valence-corrected chi connectivity index (χ0v) is 8.21. The minimum Gasteiger partial charge on any atom is -0.329 e. The predicted molar refractivity (Wildman–Crippen MR) is 52.0 cm³/mol. The summed E-state index contributed by atoms with van der Waals surface area (Å²) in [5, 5.41) is 4.03. The van der Waals surface area contributed by atoms with Crippen LogP contribution in [0.2, 0.25) is 0 Å². The van der Waals surface area contributed by atoms with Crippen molar-refractivity contribution in [3.63, 3.8) is 0 Å². The second kappa shape index (κ2) is 3.78. The van der Waals surface area contributed by atoms with Crippen molar-refractivity contribution in [1.29, 1.82) is 0 Å². The molecule has 0 spiro atoms. The van der Waals surface area contributed by atoms with Crippen molar-refractivity contribution < 1.29 is 0 Å². The Balaban J connectivity index is 2.61. The van der Waals surface area contributed by atoms with Gasteiger partial charge in [-0.2, -0.15) is 11.8 Å². The Labute approximate surface area is 73.3 Å². The van der Waals surface area contributed by atoms with E-state index in [4.69, 9.17) is 5.73 Å². The molecule has 0 aliphatic carbocycles. The molecule has 0 amide bonds. The lowest BCUT2D eigenvalue weighted by molar-refractivity contribution is 0.320. The molecule has 2 nitrogen and oxygen atoms in total. The van der Waals surface area contributed by atoms with E-state index in [9.17, 15) is 0 Å². The predicted octanol–water partition coefficient (Wildman–Crippen LogP) is 0.819. The summed E-state index contributed by atoms with van der Waals surface area (Å²) in [4.78, 5) is 0. The smallest absolute Gasteiger partial charge is 0.0419 e. The van der Waals surface area contributed by atoms with Crippen molar-refractivity contribution in [1.82, 2.24) is 5.32 Å². The molecule has 1 rings (SSSR count).